The minimum atomic E-state index is -0.631. The summed E-state index contributed by atoms with van der Waals surface area (Å²) >= 11 is 2.23. The summed E-state index contributed by atoms with van der Waals surface area (Å²) in [5.74, 6) is -1.30. The van der Waals surface area contributed by atoms with Gasteiger partial charge in [-0.1, -0.05) is 29.8 Å². The molecule has 2 aromatic carbocycles. The number of halogens is 1. The maximum atomic E-state index is 13.2. The van der Waals surface area contributed by atoms with Crippen molar-refractivity contribution in [1.82, 2.24) is 9.80 Å². The molecule has 0 radical (unpaired) electrons. The summed E-state index contributed by atoms with van der Waals surface area (Å²) in [6, 6.07) is 12.9. The molecule has 0 aliphatic carbocycles. The first-order valence-corrected chi connectivity index (χ1v) is 11.9. The number of amides is 1. The van der Waals surface area contributed by atoms with Crippen LogP contribution >= 0.6 is 22.6 Å². The van der Waals surface area contributed by atoms with Crippen molar-refractivity contribution in [2.75, 3.05) is 39.4 Å². The normalized spacial score (nSPS) is 21.3. The lowest BCUT2D eigenvalue weighted by atomic mass is 9.93. The summed E-state index contributed by atoms with van der Waals surface area (Å²) in [6.07, 6.45) is 0. The number of aliphatic hydroxyl groups excluding tert-OH is 1. The maximum Gasteiger partial charge on any atom is 0.295 e. The van der Waals surface area contributed by atoms with Gasteiger partial charge < -0.3 is 14.7 Å². The van der Waals surface area contributed by atoms with E-state index in [1.165, 1.54) is 0 Å². The van der Waals surface area contributed by atoms with E-state index in [2.05, 4.69) is 27.5 Å². The van der Waals surface area contributed by atoms with Crippen molar-refractivity contribution < 1.29 is 19.4 Å². The maximum absolute atomic E-state index is 13.2. The van der Waals surface area contributed by atoms with Gasteiger partial charge in [-0.2, -0.15) is 0 Å². The molecule has 1 N–H and O–H groups in total. The fraction of sp³-hybridized carbons (Fsp3) is 0.360. The summed E-state index contributed by atoms with van der Waals surface area (Å²) < 4.78 is 6.47. The van der Waals surface area contributed by atoms with Gasteiger partial charge in [0.05, 0.1) is 24.8 Å². The van der Waals surface area contributed by atoms with Gasteiger partial charge in [0.15, 0.2) is 0 Å². The molecule has 168 valence electrons. The summed E-state index contributed by atoms with van der Waals surface area (Å²) in [5.41, 5.74) is 3.40. The van der Waals surface area contributed by atoms with E-state index >= 15 is 0 Å². The van der Waals surface area contributed by atoms with Gasteiger partial charge in [-0.3, -0.25) is 14.5 Å². The van der Waals surface area contributed by atoms with Crippen molar-refractivity contribution >= 4 is 40.0 Å². The Morgan fingerprint density at radius 3 is 2.44 bits per heavy atom. The smallest absolute Gasteiger partial charge is 0.295 e. The van der Waals surface area contributed by atoms with Gasteiger partial charge in [0, 0.05) is 35.3 Å². The Morgan fingerprint density at radius 1 is 1.06 bits per heavy atom. The average Bonchev–Trinajstić information content (AvgIpc) is 3.05. The third-order valence-corrected chi connectivity index (χ3v) is 6.85. The van der Waals surface area contributed by atoms with E-state index < -0.39 is 17.7 Å². The fourth-order valence-corrected chi connectivity index (χ4v) is 4.67. The number of aryl methyl sites for hydroxylation is 2. The Hall–Kier alpha value is -2.23. The third-order valence-electron chi connectivity index (χ3n) is 6.13. The molecule has 2 aliphatic rings. The van der Waals surface area contributed by atoms with E-state index in [-0.39, 0.29) is 11.3 Å². The van der Waals surface area contributed by atoms with Gasteiger partial charge in [0.2, 0.25) is 0 Å². The van der Waals surface area contributed by atoms with Crippen molar-refractivity contribution in [2.24, 2.45) is 0 Å². The van der Waals surface area contributed by atoms with Crippen LogP contribution in [-0.2, 0) is 14.3 Å². The number of likely N-dealkylation sites (tertiary alicyclic amines) is 1. The molecule has 0 saturated carbocycles. The van der Waals surface area contributed by atoms with Gasteiger partial charge in [0.1, 0.15) is 5.76 Å². The SMILES string of the molecule is Cc1ccc(C)c(C(O)=C2C(=O)C(=O)N(CCN3CCOCC3)C2c2ccc(I)cc2)c1. The van der Waals surface area contributed by atoms with Crippen LogP contribution in [0.1, 0.15) is 28.3 Å². The highest BCUT2D eigenvalue weighted by Crippen LogP contribution is 2.40. The Balaban J connectivity index is 1.76. The number of morpholine rings is 1. The van der Waals surface area contributed by atoms with Gasteiger partial charge in [-0.05, 0) is 65.8 Å². The predicted molar refractivity (Wildman–Crippen MR) is 131 cm³/mol. The van der Waals surface area contributed by atoms with Crippen LogP contribution in [-0.4, -0.2) is 66.0 Å². The number of rotatable bonds is 5. The molecule has 0 bridgehead atoms. The first-order chi connectivity index (χ1) is 15.4. The second kappa shape index (κ2) is 9.72. The molecule has 2 aromatic rings. The molecular weight excluding hydrogens is 519 g/mol. The molecule has 2 fully saturated rings. The number of ketones is 1. The zero-order valence-electron chi connectivity index (χ0n) is 18.3. The molecule has 2 heterocycles. The lowest BCUT2D eigenvalue weighted by Crippen LogP contribution is -2.42. The molecule has 0 spiro atoms. The zero-order chi connectivity index (χ0) is 22.8. The monoisotopic (exact) mass is 546 g/mol. The molecule has 7 heteroatoms. The number of ether oxygens (including phenoxy) is 1. The van der Waals surface area contributed by atoms with Crippen LogP contribution < -0.4 is 0 Å². The van der Waals surface area contributed by atoms with Crippen LogP contribution in [0.2, 0.25) is 0 Å². The molecular formula is C25H27IN2O4. The molecule has 1 unspecified atom stereocenters. The Kier molecular flexibility index (Phi) is 6.97. The number of benzene rings is 2. The first kappa shape index (κ1) is 22.9. The highest BCUT2D eigenvalue weighted by molar-refractivity contribution is 14.1. The van der Waals surface area contributed by atoms with Gasteiger partial charge in [-0.25, -0.2) is 0 Å². The molecule has 32 heavy (non-hydrogen) atoms. The van der Waals surface area contributed by atoms with E-state index in [0.717, 1.165) is 33.4 Å². The minimum Gasteiger partial charge on any atom is -0.507 e. The van der Waals surface area contributed by atoms with Crippen molar-refractivity contribution in [2.45, 2.75) is 19.9 Å². The second-order valence-electron chi connectivity index (χ2n) is 8.32. The summed E-state index contributed by atoms with van der Waals surface area (Å²) in [4.78, 5) is 30.1. The quantitative estimate of drug-likeness (QED) is 0.269. The van der Waals surface area contributed by atoms with Crippen molar-refractivity contribution in [3.05, 3.63) is 73.9 Å². The van der Waals surface area contributed by atoms with Crippen LogP contribution in [0.4, 0.5) is 0 Å². The number of Topliss-reactive ketones (excluding diaryl/α,β-unsaturated/α-hetero) is 1. The molecule has 4 rings (SSSR count). The highest BCUT2D eigenvalue weighted by atomic mass is 127. The number of aliphatic hydroxyl groups is 1. The predicted octanol–water partition coefficient (Wildman–Crippen LogP) is 3.66. The topological polar surface area (TPSA) is 70.1 Å². The van der Waals surface area contributed by atoms with Crippen LogP contribution in [0.5, 0.6) is 0 Å². The average molecular weight is 546 g/mol. The standard InChI is InChI=1S/C25H27IN2O4/c1-16-3-4-17(2)20(15-16)23(29)21-22(18-5-7-19(26)8-6-18)28(25(31)24(21)30)10-9-27-11-13-32-14-12-27/h3-8,15,22,29H,9-14H2,1-2H3. The number of nitrogens with zero attached hydrogens (tertiary/aromatic N) is 2. The van der Waals surface area contributed by atoms with Crippen LogP contribution in [0.3, 0.4) is 0 Å². The van der Waals surface area contributed by atoms with Crippen LogP contribution in [0, 0.1) is 17.4 Å². The van der Waals surface area contributed by atoms with Crippen LogP contribution in [0.15, 0.2) is 48.0 Å². The molecule has 0 aromatic heterocycles. The highest BCUT2D eigenvalue weighted by Gasteiger charge is 2.46. The van der Waals surface area contributed by atoms with E-state index in [4.69, 9.17) is 4.74 Å². The third kappa shape index (κ3) is 4.60. The van der Waals surface area contributed by atoms with Gasteiger partial charge in [0.25, 0.3) is 11.7 Å². The Morgan fingerprint density at radius 2 is 1.75 bits per heavy atom. The van der Waals surface area contributed by atoms with Crippen LogP contribution in [0.25, 0.3) is 5.76 Å². The van der Waals surface area contributed by atoms with E-state index in [1.54, 1.807) is 4.90 Å². The first-order valence-electron chi connectivity index (χ1n) is 10.8. The number of hydrogen-bond acceptors (Lipinski definition) is 5. The van der Waals surface area contributed by atoms with Crippen molar-refractivity contribution in [3.8, 4) is 0 Å². The van der Waals surface area contributed by atoms with Crippen molar-refractivity contribution in [3.63, 3.8) is 0 Å². The fourth-order valence-electron chi connectivity index (χ4n) is 4.31. The zero-order valence-corrected chi connectivity index (χ0v) is 20.5. The van der Waals surface area contributed by atoms with Gasteiger partial charge >= 0.3 is 0 Å². The van der Waals surface area contributed by atoms with E-state index in [1.807, 2.05) is 56.3 Å². The van der Waals surface area contributed by atoms with E-state index in [0.29, 0.717) is 31.9 Å². The number of hydrogen-bond donors (Lipinski definition) is 1. The largest absolute Gasteiger partial charge is 0.507 e. The summed E-state index contributed by atoms with van der Waals surface area (Å²) in [6.45, 7) is 7.85. The number of carbonyl (C=O) groups is 2. The lowest BCUT2D eigenvalue weighted by Gasteiger charge is -2.31. The second-order valence-corrected chi connectivity index (χ2v) is 9.56. The molecule has 2 aliphatic heterocycles. The van der Waals surface area contributed by atoms with Crippen molar-refractivity contribution in [1.29, 1.82) is 0 Å². The summed E-state index contributed by atoms with van der Waals surface area (Å²) in [7, 11) is 0. The Bertz CT molecular complexity index is 1060. The summed E-state index contributed by atoms with van der Waals surface area (Å²) in [5, 5.41) is 11.3. The Labute approximate surface area is 202 Å². The molecule has 1 atom stereocenters. The molecule has 1 amide bonds. The lowest BCUT2D eigenvalue weighted by molar-refractivity contribution is -0.140. The number of carbonyl (C=O) groups excluding carboxylic acids is 2. The molecule has 2 saturated heterocycles. The minimum absolute atomic E-state index is 0.109. The van der Waals surface area contributed by atoms with Gasteiger partial charge in [-0.15, -0.1) is 0 Å². The van der Waals surface area contributed by atoms with E-state index in [9.17, 15) is 14.7 Å². The molecule has 6 nitrogen and oxygen atoms in total.